The van der Waals surface area contributed by atoms with E-state index < -0.39 is 12.1 Å². The lowest BCUT2D eigenvalue weighted by Gasteiger charge is -2.13. The predicted octanol–water partition coefficient (Wildman–Crippen LogP) is 2.13. The van der Waals surface area contributed by atoms with Crippen LogP contribution >= 0.6 is 0 Å². The molecular formula is C14H16N4O3. The van der Waals surface area contributed by atoms with Crippen LogP contribution < -0.4 is 16.0 Å². The summed E-state index contributed by atoms with van der Waals surface area (Å²) >= 11 is 0. The molecule has 0 spiro atoms. The van der Waals surface area contributed by atoms with Crippen LogP contribution in [0.25, 0.3) is 0 Å². The SMILES string of the molecule is Cc1cc(NC(=O)[C@@H](C)NC(=O)Nc2ccccc2)no1. The fourth-order valence-electron chi connectivity index (χ4n) is 1.61. The van der Waals surface area contributed by atoms with Crippen LogP contribution in [0.15, 0.2) is 40.9 Å². The first-order valence-electron chi connectivity index (χ1n) is 6.41. The Hall–Kier alpha value is -2.83. The highest BCUT2D eigenvalue weighted by Gasteiger charge is 2.16. The summed E-state index contributed by atoms with van der Waals surface area (Å²) in [6.07, 6.45) is 0. The van der Waals surface area contributed by atoms with E-state index in [0.29, 0.717) is 17.3 Å². The van der Waals surface area contributed by atoms with Gasteiger partial charge in [-0.05, 0) is 26.0 Å². The molecule has 0 fully saturated rings. The van der Waals surface area contributed by atoms with Gasteiger partial charge in [0, 0.05) is 11.8 Å². The van der Waals surface area contributed by atoms with Gasteiger partial charge in [-0.25, -0.2) is 4.79 Å². The van der Waals surface area contributed by atoms with Gasteiger partial charge in [0.1, 0.15) is 11.8 Å². The van der Waals surface area contributed by atoms with E-state index >= 15 is 0 Å². The third-order valence-electron chi connectivity index (χ3n) is 2.65. The summed E-state index contributed by atoms with van der Waals surface area (Å²) in [6, 6.07) is 9.38. The van der Waals surface area contributed by atoms with Crippen molar-refractivity contribution >= 4 is 23.4 Å². The van der Waals surface area contributed by atoms with Crippen LogP contribution in [0.4, 0.5) is 16.3 Å². The third kappa shape index (κ3) is 4.34. The Morgan fingerprint density at radius 1 is 1.19 bits per heavy atom. The van der Waals surface area contributed by atoms with Crippen molar-refractivity contribution in [1.82, 2.24) is 10.5 Å². The van der Waals surface area contributed by atoms with Crippen LogP contribution in [0.2, 0.25) is 0 Å². The molecule has 1 atom stereocenters. The molecule has 7 nitrogen and oxygen atoms in total. The van der Waals surface area contributed by atoms with Gasteiger partial charge >= 0.3 is 6.03 Å². The van der Waals surface area contributed by atoms with Crippen LogP contribution in [0.1, 0.15) is 12.7 Å². The van der Waals surface area contributed by atoms with Gasteiger partial charge in [-0.15, -0.1) is 0 Å². The molecule has 0 saturated heterocycles. The van der Waals surface area contributed by atoms with Crippen molar-refractivity contribution in [2.24, 2.45) is 0 Å². The fraction of sp³-hybridized carbons (Fsp3) is 0.214. The van der Waals surface area contributed by atoms with Crippen molar-refractivity contribution in [3.63, 3.8) is 0 Å². The average Bonchev–Trinajstić information content (AvgIpc) is 2.85. The number of para-hydroxylation sites is 1. The molecule has 0 bridgehead atoms. The number of hydrogen-bond acceptors (Lipinski definition) is 4. The van der Waals surface area contributed by atoms with E-state index in [1.807, 2.05) is 6.07 Å². The highest BCUT2D eigenvalue weighted by Crippen LogP contribution is 2.07. The topological polar surface area (TPSA) is 96.3 Å². The summed E-state index contributed by atoms with van der Waals surface area (Å²) in [5.74, 6) is 0.522. The van der Waals surface area contributed by atoms with Crippen molar-refractivity contribution < 1.29 is 14.1 Å². The predicted molar refractivity (Wildman–Crippen MR) is 77.9 cm³/mol. The van der Waals surface area contributed by atoms with Crippen molar-refractivity contribution in [2.45, 2.75) is 19.9 Å². The molecule has 0 aliphatic heterocycles. The normalized spacial score (nSPS) is 11.5. The molecule has 3 N–H and O–H groups in total. The molecule has 21 heavy (non-hydrogen) atoms. The minimum atomic E-state index is -0.717. The van der Waals surface area contributed by atoms with Gasteiger partial charge in [-0.3, -0.25) is 4.79 Å². The van der Waals surface area contributed by atoms with E-state index in [-0.39, 0.29) is 5.91 Å². The molecule has 0 aliphatic rings. The zero-order valence-electron chi connectivity index (χ0n) is 11.7. The molecule has 1 aromatic heterocycles. The van der Waals surface area contributed by atoms with E-state index in [4.69, 9.17) is 4.52 Å². The summed E-state index contributed by atoms with van der Waals surface area (Å²) in [5, 5.41) is 11.4. The largest absolute Gasteiger partial charge is 0.360 e. The number of urea groups is 1. The number of aromatic nitrogens is 1. The van der Waals surface area contributed by atoms with Gasteiger partial charge in [0.25, 0.3) is 0 Å². The van der Waals surface area contributed by atoms with E-state index in [1.165, 1.54) is 0 Å². The molecule has 0 unspecified atom stereocenters. The Morgan fingerprint density at radius 2 is 1.90 bits per heavy atom. The molecule has 3 amide bonds. The number of hydrogen-bond donors (Lipinski definition) is 3. The van der Waals surface area contributed by atoms with E-state index in [1.54, 1.807) is 44.2 Å². The van der Waals surface area contributed by atoms with Gasteiger partial charge in [0.15, 0.2) is 5.82 Å². The quantitative estimate of drug-likeness (QED) is 0.803. The van der Waals surface area contributed by atoms with Crippen LogP contribution in [-0.4, -0.2) is 23.1 Å². The second kappa shape index (κ2) is 6.56. The molecule has 1 heterocycles. The smallest absolute Gasteiger partial charge is 0.319 e. The minimum absolute atomic E-state index is 0.314. The molecule has 2 rings (SSSR count). The number of nitrogens with one attached hydrogen (secondary N) is 3. The average molecular weight is 288 g/mol. The molecule has 0 radical (unpaired) electrons. The number of anilines is 2. The maximum Gasteiger partial charge on any atom is 0.319 e. The standard InChI is InChI=1S/C14H16N4O3/c1-9-8-12(18-21-9)17-13(19)10(2)15-14(20)16-11-6-4-3-5-7-11/h3-8,10H,1-2H3,(H2,15,16,20)(H,17,18,19)/t10-/m1/s1. The number of amides is 3. The maximum absolute atomic E-state index is 11.9. The number of carbonyl (C=O) groups is 2. The number of benzene rings is 1. The van der Waals surface area contributed by atoms with Crippen molar-refractivity contribution in [3.05, 3.63) is 42.2 Å². The highest BCUT2D eigenvalue weighted by atomic mass is 16.5. The number of rotatable bonds is 4. The Labute approximate surface area is 121 Å². The Morgan fingerprint density at radius 3 is 2.52 bits per heavy atom. The summed E-state index contributed by atoms with van der Waals surface area (Å²) in [6.45, 7) is 3.30. The van der Waals surface area contributed by atoms with Crippen LogP contribution in [-0.2, 0) is 4.79 Å². The summed E-state index contributed by atoms with van der Waals surface area (Å²) in [5.41, 5.74) is 0.648. The van der Waals surface area contributed by atoms with Crippen molar-refractivity contribution in [3.8, 4) is 0 Å². The highest BCUT2D eigenvalue weighted by molar-refractivity contribution is 5.98. The third-order valence-corrected chi connectivity index (χ3v) is 2.65. The fourth-order valence-corrected chi connectivity index (χ4v) is 1.61. The molecule has 0 aliphatic carbocycles. The monoisotopic (exact) mass is 288 g/mol. The maximum atomic E-state index is 11.9. The lowest BCUT2D eigenvalue weighted by molar-refractivity contribution is -0.117. The zero-order chi connectivity index (χ0) is 15.2. The minimum Gasteiger partial charge on any atom is -0.360 e. The Bertz CT molecular complexity index is 624. The van der Waals surface area contributed by atoms with Crippen LogP contribution in [0.5, 0.6) is 0 Å². The first-order chi connectivity index (χ1) is 10.0. The lowest BCUT2D eigenvalue weighted by atomic mass is 10.3. The van der Waals surface area contributed by atoms with Gasteiger partial charge in [-0.2, -0.15) is 0 Å². The van der Waals surface area contributed by atoms with Crippen LogP contribution in [0.3, 0.4) is 0 Å². The zero-order valence-corrected chi connectivity index (χ0v) is 11.7. The summed E-state index contributed by atoms with van der Waals surface area (Å²) in [4.78, 5) is 23.6. The second-order valence-corrected chi connectivity index (χ2v) is 4.50. The first-order valence-corrected chi connectivity index (χ1v) is 6.41. The molecule has 1 aromatic carbocycles. The van der Waals surface area contributed by atoms with Crippen molar-refractivity contribution in [2.75, 3.05) is 10.6 Å². The molecule has 2 aromatic rings. The van der Waals surface area contributed by atoms with Gasteiger partial charge < -0.3 is 20.5 Å². The van der Waals surface area contributed by atoms with Gasteiger partial charge in [0.05, 0.1) is 0 Å². The van der Waals surface area contributed by atoms with E-state index in [9.17, 15) is 9.59 Å². The molecular weight excluding hydrogens is 272 g/mol. The van der Waals surface area contributed by atoms with Crippen LogP contribution in [0, 0.1) is 6.92 Å². The number of aryl methyl sites for hydroxylation is 1. The number of nitrogens with zero attached hydrogens (tertiary/aromatic N) is 1. The van der Waals surface area contributed by atoms with E-state index in [2.05, 4.69) is 21.1 Å². The Kier molecular flexibility index (Phi) is 4.55. The van der Waals surface area contributed by atoms with Gasteiger partial charge in [0.2, 0.25) is 5.91 Å². The molecule has 7 heteroatoms. The molecule has 0 saturated carbocycles. The first kappa shape index (κ1) is 14.6. The lowest BCUT2D eigenvalue weighted by Crippen LogP contribution is -2.43. The molecule has 110 valence electrons. The second-order valence-electron chi connectivity index (χ2n) is 4.50. The van der Waals surface area contributed by atoms with E-state index in [0.717, 1.165) is 0 Å². The van der Waals surface area contributed by atoms with Gasteiger partial charge in [-0.1, -0.05) is 23.4 Å². The van der Waals surface area contributed by atoms with Crippen molar-refractivity contribution in [1.29, 1.82) is 0 Å². The summed E-state index contributed by atoms with van der Waals surface area (Å²) < 4.78 is 4.84. The Balaban J connectivity index is 1.84. The number of carbonyl (C=O) groups excluding carboxylic acids is 2. The summed E-state index contributed by atoms with van der Waals surface area (Å²) in [7, 11) is 0.